The third-order valence-corrected chi connectivity index (χ3v) is 5.14. The van der Waals surface area contributed by atoms with E-state index < -0.39 is 0 Å². The normalized spacial score (nSPS) is 15.5. The fraction of sp³-hybridized carbons (Fsp3) is 0.600. The molecule has 0 unspecified atom stereocenters. The summed E-state index contributed by atoms with van der Waals surface area (Å²) in [5.41, 5.74) is 2.24. The summed E-state index contributed by atoms with van der Waals surface area (Å²) in [7, 11) is 0. The molecule has 26 heavy (non-hydrogen) atoms. The van der Waals surface area contributed by atoms with Crippen molar-refractivity contribution in [1.29, 1.82) is 0 Å². The van der Waals surface area contributed by atoms with Gasteiger partial charge in [0.15, 0.2) is 5.11 Å². The molecule has 1 aromatic rings. The molecule has 0 aliphatic carbocycles. The van der Waals surface area contributed by atoms with Crippen molar-refractivity contribution in [2.24, 2.45) is 5.92 Å². The second-order valence-corrected chi connectivity index (χ2v) is 7.37. The van der Waals surface area contributed by atoms with Crippen LogP contribution in [0.1, 0.15) is 49.0 Å². The number of hydrogen-bond acceptors (Lipinski definition) is 4. The Morgan fingerprint density at radius 1 is 1.35 bits per heavy atom. The minimum atomic E-state index is -0.302. The zero-order chi connectivity index (χ0) is 18.9. The molecule has 1 aromatic carbocycles. The number of benzene rings is 1. The first-order valence-electron chi connectivity index (χ1n) is 9.55. The average Bonchev–Trinajstić information content (AvgIpc) is 2.62. The Labute approximate surface area is 162 Å². The Bertz CT molecular complexity index is 613. The molecule has 2 N–H and O–H groups in total. The first-order chi connectivity index (χ1) is 12.5. The predicted molar refractivity (Wildman–Crippen MR) is 111 cm³/mol. The second-order valence-electron chi connectivity index (χ2n) is 6.96. The van der Waals surface area contributed by atoms with E-state index >= 15 is 0 Å². The fourth-order valence-corrected chi connectivity index (χ4v) is 3.37. The molecule has 0 atom stereocenters. The highest BCUT2D eigenvalue weighted by atomic mass is 32.1. The molecule has 1 saturated heterocycles. The molecular weight excluding hydrogens is 346 g/mol. The van der Waals surface area contributed by atoms with Crippen molar-refractivity contribution in [1.82, 2.24) is 10.2 Å². The van der Waals surface area contributed by atoms with Gasteiger partial charge in [0.2, 0.25) is 0 Å². The van der Waals surface area contributed by atoms with Gasteiger partial charge < -0.3 is 20.3 Å². The predicted octanol–water partition coefficient (Wildman–Crippen LogP) is 3.58. The van der Waals surface area contributed by atoms with Crippen LogP contribution < -0.4 is 10.6 Å². The van der Waals surface area contributed by atoms with E-state index in [-0.39, 0.29) is 5.97 Å². The summed E-state index contributed by atoms with van der Waals surface area (Å²) in [6.45, 7) is 10.8. The Balaban J connectivity index is 1.75. The minimum Gasteiger partial charge on any atom is -0.462 e. The van der Waals surface area contributed by atoms with Crippen molar-refractivity contribution in [3.8, 4) is 0 Å². The smallest absolute Gasteiger partial charge is 0.338 e. The van der Waals surface area contributed by atoms with Crippen molar-refractivity contribution in [2.75, 3.05) is 38.1 Å². The number of rotatable bonds is 7. The van der Waals surface area contributed by atoms with Crippen LogP contribution in [0.15, 0.2) is 18.2 Å². The topological polar surface area (TPSA) is 53.6 Å². The van der Waals surface area contributed by atoms with E-state index in [1.807, 2.05) is 19.1 Å². The molecule has 5 nitrogen and oxygen atoms in total. The zero-order valence-corrected chi connectivity index (χ0v) is 17.0. The summed E-state index contributed by atoms with van der Waals surface area (Å²) >= 11 is 5.39. The fourth-order valence-electron chi connectivity index (χ4n) is 3.16. The van der Waals surface area contributed by atoms with Crippen molar-refractivity contribution < 1.29 is 9.53 Å². The Morgan fingerprint density at radius 3 is 2.77 bits per heavy atom. The van der Waals surface area contributed by atoms with Crippen molar-refractivity contribution in [2.45, 2.75) is 40.0 Å². The molecule has 0 aromatic heterocycles. The molecule has 0 bridgehead atoms. The lowest BCUT2D eigenvalue weighted by Crippen LogP contribution is -2.36. The van der Waals surface area contributed by atoms with Crippen molar-refractivity contribution in [3.63, 3.8) is 0 Å². The van der Waals surface area contributed by atoms with Crippen molar-refractivity contribution in [3.05, 3.63) is 29.3 Å². The summed E-state index contributed by atoms with van der Waals surface area (Å²) in [5.74, 6) is 0.568. The molecule has 0 radical (unpaired) electrons. The summed E-state index contributed by atoms with van der Waals surface area (Å²) in [6.07, 6.45) is 3.69. The maximum absolute atomic E-state index is 12.0. The van der Waals surface area contributed by atoms with Gasteiger partial charge in [-0.1, -0.05) is 13.0 Å². The first-order valence-corrected chi connectivity index (χ1v) is 9.96. The maximum Gasteiger partial charge on any atom is 0.338 e. The second kappa shape index (κ2) is 10.5. The molecule has 144 valence electrons. The van der Waals surface area contributed by atoms with E-state index in [1.165, 1.54) is 25.9 Å². The average molecular weight is 378 g/mol. The maximum atomic E-state index is 12.0. The number of carbonyl (C=O) groups excluding carboxylic acids is 1. The van der Waals surface area contributed by atoms with Gasteiger partial charge in [-0.2, -0.15) is 0 Å². The number of ether oxygens (including phenoxy) is 1. The van der Waals surface area contributed by atoms with Crippen LogP contribution in [0.2, 0.25) is 0 Å². The molecule has 2 rings (SSSR count). The SMILES string of the molecule is CCOC(=O)c1cccc(NC(=S)NCCCN2CCC(C)CC2)c1C. The van der Waals surface area contributed by atoms with E-state index in [4.69, 9.17) is 17.0 Å². The van der Waals surface area contributed by atoms with Crippen LogP contribution in [-0.2, 0) is 4.74 Å². The van der Waals surface area contributed by atoms with E-state index in [1.54, 1.807) is 13.0 Å². The molecule has 0 spiro atoms. The molecule has 6 heteroatoms. The van der Waals surface area contributed by atoms with E-state index in [2.05, 4.69) is 22.5 Å². The van der Waals surface area contributed by atoms with Gasteiger partial charge in [-0.05, 0) is 88.6 Å². The van der Waals surface area contributed by atoms with Gasteiger partial charge in [0.25, 0.3) is 0 Å². The number of nitrogens with one attached hydrogen (secondary N) is 2. The van der Waals surface area contributed by atoms with Crippen LogP contribution in [0.3, 0.4) is 0 Å². The highest BCUT2D eigenvalue weighted by Gasteiger charge is 2.15. The standard InChI is InChI=1S/C20H31N3O2S/c1-4-25-19(24)17-7-5-8-18(16(17)3)22-20(26)21-11-6-12-23-13-9-15(2)10-14-23/h5,7-8,15H,4,6,9-14H2,1-3H3,(H2,21,22,26). The van der Waals surface area contributed by atoms with Gasteiger partial charge in [-0.15, -0.1) is 0 Å². The zero-order valence-electron chi connectivity index (χ0n) is 16.1. The number of likely N-dealkylation sites (tertiary alicyclic amines) is 1. The van der Waals surface area contributed by atoms with Gasteiger partial charge in [-0.25, -0.2) is 4.79 Å². The van der Waals surface area contributed by atoms with Gasteiger partial charge in [0.05, 0.1) is 12.2 Å². The molecule has 0 saturated carbocycles. The summed E-state index contributed by atoms with van der Waals surface area (Å²) in [4.78, 5) is 14.5. The third kappa shape index (κ3) is 6.25. The Morgan fingerprint density at radius 2 is 2.08 bits per heavy atom. The van der Waals surface area contributed by atoms with Crippen LogP contribution in [0.25, 0.3) is 0 Å². The van der Waals surface area contributed by atoms with Crippen LogP contribution >= 0.6 is 12.2 Å². The molecule has 1 aliphatic heterocycles. The lowest BCUT2D eigenvalue weighted by Gasteiger charge is -2.30. The highest BCUT2D eigenvalue weighted by Crippen LogP contribution is 2.20. The van der Waals surface area contributed by atoms with E-state index in [9.17, 15) is 4.79 Å². The summed E-state index contributed by atoms with van der Waals surface area (Å²) < 4.78 is 5.09. The van der Waals surface area contributed by atoms with E-state index in [0.29, 0.717) is 17.3 Å². The number of nitrogens with zero attached hydrogens (tertiary/aromatic N) is 1. The number of anilines is 1. The summed E-state index contributed by atoms with van der Waals surface area (Å²) in [5, 5.41) is 7.03. The molecule has 0 amide bonds. The number of esters is 1. The molecule has 1 fully saturated rings. The number of thiocarbonyl (C=S) groups is 1. The minimum absolute atomic E-state index is 0.302. The van der Waals surface area contributed by atoms with Crippen LogP contribution in [0.4, 0.5) is 5.69 Å². The number of carbonyl (C=O) groups is 1. The molecule has 1 aliphatic rings. The first kappa shape index (κ1) is 20.6. The van der Waals surface area contributed by atoms with Gasteiger partial charge in [0.1, 0.15) is 0 Å². The van der Waals surface area contributed by atoms with Gasteiger partial charge in [-0.3, -0.25) is 0 Å². The van der Waals surface area contributed by atoms with Crippen LogP contribution in [-0.4, -0.2) is 48.8 Å². The van der Waals surface area contributed by atoms with Crippen LogP contribution in [0, 0.1) is 12.8 Å². The number of piperidine rings is 1. The number of hydrogen-bond donors (Lipinski definition) is 2. The van der Waals surface area contributed by atoms with Crippen molar-refractivity contribution >= 4 is 29.0 Å². The Hall–Kier alpha value is -1.66. The summed E-state index contributed by atoms with van der Waals surface area (Å²) in [6, 6.07) is 5.52. The van der Waals surface area contributed by atoms with Gasteiger partial charge in [0, 0.05) is 12.2 Å². The van der Waals surface area contributed by atoms with Gasteiger partial charge >= 0.3 is 5.97 Å². The van der Waals surface area contributed by atoms with Crippen LogP contribution in [0.5, 0.6) is 0 Å². The van der Waals surface area contributed by atoms with E-state index in [0.717, 1.165) is 36.7 Å². The monoisotopic (exact) mass is 377 g/mol. The lowest BCUT2D eigenvalue weighted by atomic mass is 9.99. The third-order valence-electron chi connectivity index (χ3n) is 4.89. The quantitative estimate of drug-likeness (QED) is 0.430. The lowest BCUT2D eigenvalue weighted by molar-refractivity contribution is 0.0525. The molecular formula is C20H31N3O2S. The molecule has 1 heterocycles. The largest absolute Gasteiger partial charge is 0.462 e. The Kier molecular flexibility index (Phi) is 8.32. The highest BCUT2D eigenvalue weighted by molar-refractivity contribution is 7.80.